The number of carbonyl (C=O) groups is 1. The number of nitrogens with zero attached hydrogens (tertiary/aromatic N) is 3. The van der Waals surface area contributed by atoms with Crippen LogP contribution in [0.15, 0.2) is 46.6 Å². The van der Waals surface area contributed by atoms with Gasteiger partial charge in [0.2, 0.25) is 0 Å². The Morgan fingerprint density at radius 1 is 1.29 bits per heavy atom. The molecular weight excluding hydrogens is 376 g/mol. The molecule has 1 aliphatic rings. The Labute approximate surface area is 166 Å². The molecule has 0 saturated carbocycles. The average Bonchev–Trinajstić information content (AvgIpc) is 3.38. The summed E-state index contributed by atoms with van der Waals surface area (Å²) in [6.07, 6.45) is 2.50. The van der Waals surface area contributed by atoms with E-state index in [0.29, 0.717) is 30.3 Å². The SMILES string of the molecule is COc1cccc(C(=O)N2CCC(Cc3n[nH]c(=O)n3-c3cccs3)CC2)c1. The Balaban J connectivity index is 1.40. The highest BCUT2D eigenvalue weighted by atomic mass is 32.1. The van der Waals surface area contributed by atoms with Crippen LogP contribution < -0.4 is 10.4 Å². The zero-order valence-electron chi connectivity index (χ0n) is 15.6. The molecule has 4 rings (SSSR count). The lowest BCUT2D eigenvalue weighted by Crippen LogP contribution is -2.39. The van der Waals surface area contributed by atoms with Gasteiger partial charge < -0.3 is 9.64 Å². The fourth-order valence-corrected chi connectivity index (χ4v) is 4.38. The molecule has 1 amide bonds. The number of likely N-dealkylation sites (tertiary alicyclic amines) is 1. The molecule has 2 aromatic heterocycles. The van der Waals surface area contributed by atoms with E-state index in [9.17, 15) is 9.59 Å². The number of nitrogens with one attached hydrogen (secondary N) is 1. The summed E-state index contributed by atoms with van der Waals surface area (Å²) >= 11 is 1.52. The van der Waals surface area contributed by atoms with Crippen LogP contribution in [0.25, 0.3) is 5.00 Å². The molecule has 1 aromatic carbocycles. The van der Waals surface area contributed by atoms with Crippen LogP contribution in [-0.4, -0.2) is 45.8 Å². The van der Waals surface area contributed by atoms with Crippen molar-refractivity contribution in [2.24, 2.45) is 5.92 Å². The van der Waals surface area contributed by atoms with Gasteiger partial charge in [0.25, 0.3) is 5.91 Å². The molecule has 146 valence electrons. The number of benzene rings is 1. The average molecular weight is 398 g/mol. The van der Waals surface area contributed by atoms with Crippen molar-refractivity contribution in [2.75, 3.05) is 20.2 Å². The molecule has 3 aromatic rings. The van der Waals surface area contributed by atoms with Crippen molar-refractivity contribution < 1.29 is 9.53 Å². The third-order valence-electron chi connectivity index (χ3n) is 5.16. The van der Waals surface area contributed by atoms with E-state index in [1.807, 2.05) is 40.6 Å². The smallest absolute Gasteiger partial charge is 0.348 e. The number of hydrogen-bond acceptors (Lipinski definition) is 5. The molecule has 0 radical (unpaired) electrons. The van der Waals surface area contributed by atoms with Gasteiger partial charge in [-0.15, -0.1) is 11.3 Å². The molecule has 0 unspecified atom stereocenters. The minimum Gasteiger partial charge on any atom is -0.497 e. The van der Waals surface area contributed by atoms with Crippen LogP contribution in [0.2, 0.25) is 0 Å². The Morgan fingerprint density at radius 3 is 2.82 bits per heavy atom. The predicted octanol–water partition coefficient (Wildman–Crippen LogP) is 2.73. The van der Waals surface area contributed by atoms with Crippen LogP contribution in [0, 0.1) is 5.92 Å². The molecule has 0 spiro atoms. The van der Waals surface area contributed by atoms with Gasteiger partial charge in [-0.05, 0) is 54.5 Å². The van der Waals surface area contributed by atoms with Crippen LogP contribution in [0.1, 0.15) is 29.0 Å². The summed E-state index contributed by atoms with van der Waals surface area (Å²) in [4.78, 5) is 26.8. The maximum atomic E-state index is 12.8. The van der Waals surface area contributed by atoms with Gasteiger partial charge in [0.05, 0.1) is 7.11 Å². The molecule has 8 heteroatoms. The highest BCUT2D eigenvalue weighted by molar-refractivity contribution is 7.12. The van der Waals surface area contributed by atoms with Crippen molar-refractivity contribution in [1.82, 2.24) is 19.7 Å². The summed E-state index contributed by atoms with van der Waals surface area (Å²) < 4.78 is 6.86. The third-order valence-corrected chi connectivity index (χ3v) is 6.01. The van der Waals surface area contributed by atoms with E-state index < -0.39 is 0 Å². The Kier molecular flexibility index (Phi) is 5.29. The number of hydrogen-bond donors (Lipinski definition) is 1. The number of aromatic nitrogens is 3. The Bertz CT molecular complexity index is 1000. The number of thiophene rings is 1. The minimum absolute atomic E-state index is 0.0348. The van der Waals surface area contributed by atoms with E-state index in [1.165, 1.54) is 11.3 Å². The van der Waals surface area contributed by atoms with Gasteiger partial charge in [-0.25, -0.2) is 14.5 Å². The first-order chi connectivity index (χ1) is 13.7. The number of H-pyrrole nitrogens is 1. The fourth-order valence-electron chi connectivity index (χ4n) is 3.63. The second kappa shape index (κ2) is 8.02. The number of aromatic amines is 1. The van der Waals surface area contributed by atoms with Crippen LogP contribution >= 0.6 is 11.3 Å². The molecule has 1 saturated heterocycles. The van der Waals surface area contributed by atoms with E-state index in [1.54, 1.807) is 17.7 Å². The lowest BCUT2D eigenvalue weighted by molar-refractivity contribution is 0.0689. The van der Waals surface area contributed by atoms with Crippen molar-refractivity contribution in [1.29, 1.82) is 0 Å². The number of amides is 1. The van der Waals surface area contributed by atoms with Crippen molar-refractivity contribution in [3.63, 3.8) is 0 Å². The highest BCUT2D eigenvalue weighted by Gasteiger charge is 2.25. The maximum absolute atomic E-state index is 12.8. The number of rotatable bonds is 5. The van der Waals surface area contributed by atoms with Gasteiger partial charge >= 0.3 is 5.69 Å². The predicted molar refractivity (Wildman–Crippen MR) is 107 cm³/mol. The molecular formula is C20H22N4O3S. The number of piperidine rings is 1. The summed E-state index contributed by atoms with van der Waals surface area (Å²) in [6.45, 7) is 1.41. The first kappa shape index (κ1) is 18.5. The minimum atomic E-state index is -0.205. The fraction of sp³-hybridized carbons (Fsp3) is 0.350. The van der Waals surface area contributed by atoms with Gasteiger partial charge in [0, 0.05) is 25.1 Å². The van der Waals surface area contributed by atoms with Crippen molar-refractivity contribution in [3.8, 4) is 10.8 Å². The molecule has 1 N–H and O–H groups in total. The molecule has 1 aliphatic heterocycles. The Hall–Kier alpha value is -2.87. The molecule has 3 heterocycles. The number of methoxy groups -OCH3 is 1. The summed E-state index contributed by atoms with van der Waals surface area (Å²) in [5.74, 6) is 1.87. The van der Waals surface area contributed by atoms with E-state index in [-0.39, 0.29) is 11.6 Å². The lowest BCUT2D eigenvalue weighted by Gasteiger charge is -2.32. The lowest BCUT2D eigenvalue weighted by atomic mass is 9.93. The third kappa shape index (κ3) is 3.73. The van der Waals surface area contributed by atoms with Crippen molar-refractivity contribution >= 4 is 17.2 Å². The number of carbonyl (C=O) groups excluding carboxylic acids is 1. The molecule has 7 nitrogen and oxygen atoms in total. The standard InChI is InChI=1S/C20H22N4O3S/c1-27-16-5-2-4-15(13-16)19(25)23-9-7-14(8-10-23)12-17-21-22-20(26)24(17)18-6-3-11-28-18/h2-6,11,13-14H,7-10,12H2,1H3,(H,22,26). The van der Waals surface area contributed by atoms with E-state index >= 15 is 0 Å². The summed E-state index contributed by atoms with van der Waals surface area (Å²) in [7, 11) is 1.60. The van der Waals surface area contributed by atoms with Gasteiger partial charge in [-0.3, -0.25) is 4.79 Å². The van der Waals surface area contributed by atoms with Gasteiger partial charge in [-0.1, -0.05) is 6.07 Å². The highest BCUT2D eigenvalue weighted by Crippen LogP contribution is 2.24. The quantitative estimate of drug-likeness (QED) is 0.717. The molecule has 1 fully saturated rings. The summed E-state index contributed by atoms with van der Waals surface area (Å²) in [5.41, 5.74) is 0.444. The van der Waals surface area contributed by atoms with Gasteiger partial charge in [-0.2, -0.15) is 5.10 Å². The van der Waals surface area contributed by atoms with Gasteiger partial charge in [0.1, 0.15) is 16.6 Å². The summed E-state index contributed by atoms with van der Waals surface area (Å²) in [6, 6.07) is 11.1. The first-order valence-corrected chi connectivity index (χ1v) is 10.2. The van der Waals surface area contributed by atoms with Crippen LogP contribution in [0.4, 0.5) is 0 Å². The van der Waals surface area contributed by atoms with Gasteiger partial charge in [0.15, 0.2) is 0 Å². The molecule has 0 atom stereocenters. The second-order valence-electron chi connectivity index (χ2n) is 6.90. The molecule has 0 bridgehead atoms. The summed E-state index contributed by atoms with van der Waals surface area (Å²) in [5, 5.41) is 9.61. The van der Waals surface area contributed by atoms with E-state index in [0.717, 1.165) is 30.1 Å². The number of ether oxygens (including phenoxy) is 1. The van der Waals surface area contributed by atoms with Crippen LogP contribution in [-0.2, 0) is 6.42 Å². The zero-order valence-corrected chi connectivity index (χ0v) is 16.4. The topological polar surface area (TPSA) is 80.2 Å². The van der Waals surface area contributed by atoms with E-state index in [2.05, 4.69) is 10.2 Å². The van der Waals surface area contributed by atoms with Crippen molar-refractivity contribution in [3.05, 3.63) is 63.7 Å². The van der Waals surface area contributed by atoms with Crippen molar-refractivity contribution in [2.45, 2.75) is 19.3 Å². The monoisotopic (exact) mass is 398 g/mol. The zero-order chi connectivity index (χ0) is 19.5. The molecule has 0 aliphatic carbocycles. The molecule has 28 heavy (non-hydrogen) atoms. The second-order valence-corrected chi connectivity index (χ2v) is 7.83. The Morgan fingerprint density at radius 2 is 2.11 bits per heavy atom. The first-order valence-electron chi connectivity index (χ1n) is 9.29. The van der Waals surface area contributed by atoms with Crippen LogP contribution in [0.3, 0.4) is 0 Å². The van der Waals surface area contributed by atoms with E-state index in [4.69, 9.17) is 4.74 Å². The maximum Gasteiger partial charge on any atom is 0.348 e. The van der Waals surface area contributed by atoms with Crippen LogP contribution in [0.5, 0.6) is 5.75 Å². The normalized spacial score (nSPS) is 15.0. The largest absolute Gasteiger partial charge is 0.497 e.